The maximum atomic E-state index is 14.7. The third-order valence-corrected chi connectivity index (χ3v) is 23.6. The minimum Gasteiger partial charge on any atom is -0.450 e. The summed E-state index contributed by atoms with van der Waals surface area (Å²) in [6, 6.07) is 24.0. The maximum absolute atomic E-state index is 14.7. The van der Waals surface area contributed by atoms with Crippen LogP contribution in [0.1, 0.15) is 132 Å². The van der Waals surface area contributed by atoms with Crippen molar-refractivity contribution < 1.29 is 47.0 Å². The van der Waals surface area contributed by atoms with Gasteiger partial charge in [-0.15, -0.1) is 0 Å². The van der Waals surface area contributed by atoms with E-state index in [0.717, 1.165) is 207 Å². The Morgan fingerprint density at radius 2 is 1.02 bits per heavy atom. The number of halogens is 3. The van der Waals surface area contributed by atoms with E-state index in [2.05, 4.69) is 30.6 Å². The van der Waals surface area contributed by atoms with Crippen molar-refractivity contribution in [2.24, 2.45) is 0 Å². The zero-order chi connectivity index (χ0) is 71.7. The van der Waals surface area contributed by atoms with Gasteiger partial charge in [0.1, 0.15) is 23.3 Å². The number of urea groups is 2. The van der Waals surface area contributed by atoms with Crippen molar-refractivity contribution in [1.82, 2.24) is 44.3 Å². The van der Waals surface area contributed by atoms with Crippen LogP contribution in [0.25, 0.3) is 11.1 Å². The number of para-hydroxylation sites is 1. The molecule has 0 radical (unpaired) electrons. The van der Waals surface area contributed by atoms with Gasteiger partial charge in [0.15, 0.2) is 0 Å². The molecule has 6 saturated heterocycles. The topological polar surface area (TPSA) is 176 Å². The first kappa shape index (κ1) is 72.9. The summed E-state index contributed by atoms with van der Waals surface area (Å²) in [5, 5.41) is 9.47. The number of fused-ring (bicyclic) bond motifs is 6. The number of piperidine rings is 6. The molecule has 0 bridgehead atoms. The highest BCUT2D eigenvalue weighted by Gasteiger charge is 2.51. The van der Waals surface area contributed by atoms with Crippen LogP contribution in [-0.2, 0) is 30.6 Å². The maximum Gasteiger partial charge on any atom is 0.409 e. The van der Waals surface area contributed by atoms with Crippen LogP contribution in [0.15, 0.2) is 85.1 Å². The molecule has 9 aliphatic heterocycles. The number of aromatic nitrogens is 2. The van der Waals surface area contributed by atoms with Crippen molar-refractivity contribution in [3.8, 4) is 11.1 Å². The third kappa shape index (κ3) is 15.2. The summed E-state index contributed by atoms with van der Waals surface area (Å²) >= 11 is 0. The fraction of sp³-hybridized carbons (Fsp3) is 0.577. The average Bonchev–Trinajstić information content (AvgIpc) is 1.60. The molecule has 23 heteroatoms. The number of ether oxygens (including phenoxy) is 1. The molecule has 10 heterocycles. The van der Waals surface area contributed by atoms with Crippen LogP contribution in [-0.4, -0.2) is 237 Å². The zero-order valence-electron chi connectivity index (χ0n) is 60.7. The van der Waals surface area contributed by atoms with E-state index in [-0.39, 0.29) is 70.1 Å². The van der Waals surface area contributed by atoms with E-state index >= 15 is 0 Å². The van der Waals surface area contributed by atoms with Gasteiger partial charge < -0.3 is 53.9 Å². The lowest BCUT2D eigenvalue weighted by molar-refractivity contribution is -0.134. The Balaban J connectivity index is 0.000000143. The lowest BCUT2D eigenvalue weighted by Gasteiger charge is -2.45. The van der Waals surface area contributed by atoms with E-state index in [0.29, 0.717) is 49.9 Å². The summed E-state index contributed by atoms with van der Waals surface area (Å²) < 4.78 is 48.3. The number of amides is 7. The fourth-order valence-corrected chi connectivity index (χ4v) is 18.0. The molecule has 544 valence electrons. The highest BCUT2D eigenvalue weighted by Crippen LogP contribution is 2.53. The quantitative estimate of drug-likeness (QED) is 0.155. The predicted octanol–water partition coefficient (Wildman–Crippen LogP) is 11.0. The monoisotopic (exact) mass is 1390 g/mol. The molecule has 9 aliphatic rings. The molecule has 20 nitrogen and oxygen atoms in total. The molecule has 0 saturated carbocycles. The molecule has 101 heavy (non-hydrogen) atoms. The van der Waals surface area contributed by atoms with Gasteiger partial charge in [0, 0.05) is 157 Å². The summed E-state index contributed by atoms with van der Waals surface area (Å²) in [6.45, 7) is 22.0. The SMILES string of the molecule is CCOC(=O)N1CCC(N2CCC3(CC2)CN(C(C)=O)c2c(-c4ccccc4F)cccc23)CC1.C[C@H](O)CC(=O)N1CCC(N2CCC3(CC2)CN(C(=O)N(C)C)c2ccc(F)cc23)CC1.Cc1cnc(C)c(N2CCC(N3CCC4(CC3)CN(C(=O)N(C)C)c3ccc(F)cc34)CC2)n1. The number of hydrogen-bond donors (Lipinski definition) is 1. The van der Waals surface area contributed by atoms with Gasteiger partial charge in [0.25, 0.3) is 0 Å². The Morgan fingerprint density at radius 1 is 0.574 bits per heavy atom. The van der Waals surface area contributed by atoms with Gasteiger partial charge in [-0.05, 0) is 203 Å². The summed E-state index contributed by atoms with van der Waals surface area (Å²) in [5.41, 5.74) is 8.54. The van der Waals surface area contributed by atoms with Gasteiger partial charge in [0.2, 0.25) is 11.8 Å². The number of carbonyl (C=O) groups is 5. The first-order valence-corrected chi connectivity index (χ1v) is 36.8. The normalized spacial score (nSPS) is 21.0. The van der Waals surface area contributed by atoms with E-state index in [9.17, 15) is 42.3 Å². The van der Waals surface area contributed by atoms with E-state index in [1.54, 1.807) is 93.1 Å². The summed E-state index contributed by atoms with van der Waals surface area (Å²) in [7, 11) is 7.04. The van der Waals surface area contributed by atoms with Crippen LogP contribution in [0.5, 0.6) is 0 Å². The molecule has 0 aliphatic carbocycles. The summed E-state index contributed by atoms with van der Waals surface area (Å²) in [4.78, 5) is 94.3. The molecule has 1 atom stereocenters. The Bertz CT molecular complexity index is 3810. The number of carbonyl (C=O) groups excluding carboxylic acids is 5. The third-order valence-electron chi connectivity index (χ3n) is 23.6. The number of aliphatic hydroxyl groups is 1. The lowest BCUT2D eigenvalue weighted by atomic mass is 9.73. The Kier molecular flexibility index (Phi) is 22.1. The number of aliphatic hydroxyl groups excluding tert-OH is 1. The van der Waals surface area contributed by atoms with Crippen LogP contribution < -0.4 is 19.6 Å². The predicted molar refractivity (Wildman–Crippen MR) is 387 cm³/mol. The van der Waals surface area contributed by atoms with Crippen LogP contribution in [0, 0.1) is 31.3 Å². The second-order valence-electron chi connectivity index (χ2n) is 30.3. The summed E-state index contributed by atoms with van der Waals surface area (Å²) in [6.07, 6.45) is 12.8. The first-order valence-electron chi connectivity index (χ1n) is 36.8. The van der Waals surface area contributed by atoms with Crippen molar-refractivity contribution in [2.75, 3.05) is 153 Å². The Labute approximate surface area is 594 Å². The number of hydrogen-bond acceptors (Lipinski definition) is 13. The molecule has 1 aromatic heterocycles. The molecule has 3 spiro atoms. The molecule has 14 rings (SSSR count). The second-order valence-corrected chi connectivity index (χ2v) is 30.3. The van der Waals surface area contributed by atoms with Crippen molar-refractivity contribution in [2.45, 2.75) is 159 Å². The number of rotatable bonds is 8. The lowest BCUT2D eigenvalue weighted by Crippen LogP contribution is -2.53. The van der Waals surface area contributed by atoms with Crippen molar-refractivity contribution in [3.05, 3.63) is 131 Å². The highest BCUT2D eigenvalue weighted by atomic mass is 19.1. The molecule has 0 unspecified atom stereocenters. The molecular weight excluding hydrogens is 1290 g/mol. The number of nitrogens with zero attached hydrogens (tertiary/aromatic N) is 13. The molecule has 4 aromatic carbocycles. The van der Waals surface area contributed by atoms with E-state index in [1.807, 2.05) is 64.8 Å². The van der Waals surface area contributed by atoms with Crippen LogP contribution in [0.2, 0.25) is 0 Å². The van der Waals surface area contributed by atoms with Gasteiger partial charge in [0.05, 0.1) is 36.2 Å². The van der Waals surface area contributed by atoms with Crippen LogP contribution in [0.4, 0.5) is 50.4 Å². The fourth-order valence-electron chi connectivity index (χ4n) is 18.0. The molecular formula is C78H104F3N13O7. The van der Waals surface area contributed by atoms with Crippen molar-refractivity contribution in [3.63, 3.8) is 0 Å². The smallest absolute Gasteiger partial charge is 0.409 e. The standard InChI is InChI=1S/C28H34FN3O3.C26H35FN6O.C24H35FN4O3/c1-3-35-27(34)31-15-11-21(12-16-31)30-17-13-28(14-18-30)19-32(20(2)33)26-23(8-6-9-24(26)28)22-7-4-5-10-25(22)29;1-18-16-28-19(2)24(29-18)32-11-7-21(8-12-32)31-13-9-26(10-14-31)17-33(25(34)30(3)4)23-6-5-20(27)15-22(23)26;1-17(30)14-22(31)28-10-6-19(7-11-28)27-12-8-24(9-13-27)16-29(23(32)26(2)3)21-5-4-18(25)15-20(21)24/h4-10,21H,3,11-19H2,1-2H3;5-6,15-16,21H,7-14,17H2,1-4H3;4-5,15,17,19,30H,6-14,16H2,1-3H3/t;;17-/m..0/s1. The Hall–Kier alpha value is -7.86. The summed E-state index contributed by atoms with van der Waals surface area (Å²) in [5.74, 6) is 0.313. The van der Waals surface area contributed by atoms with Crippen molar-refractivity contribution >= 4 is 52.8 Å². The largest absolute Gasteiger partial charge is 0.450 e. The van der Waals surface area contributed by atoms with E-state index in [4.69, 9.17) is 9.72 Å². The minimum absolute atomic E-state index is 0.000631. The second kappa shape index (κ2) is 30.6. The number of anilines is 4. The van der Waals surface area contributed by atoms with Crippen LogP contribution in [0.3, 0.4) is 0 Å². The zero-order valence-corrected chi connectivity index (χ0v) is 60.7. The molecule has 6 fully saturated rings. The number of benzene rings is 4. The molecule has 5 aromatic rings. The van der Waals surface area contributed by atoms with E-state index in [1.165, 1.54) is 23.8 Å². The minimum atomic E-state index is -0.600. The highest BCUT2D eigenvalue weighted by molar-refractivity contribution is 6.00. The molecule has 1 N–H and O–H groups in total. The molecule has 7 amide bonds. The van der Waals surface area contributed by atoms with Gasteiger partial charge in [-0.25, -0.2) is 32.5 Å². The van der Waals surface area contributed by atoms with Gasteiger partial charge in [-0.2, -0.15) is 0 Å². The number of aryl methyl sites for hydroxylation is 2. The number of likely N-dealkylation sites (tertiary alicyclic amines) is 5. The van der Waals surface area contributed by atoms with Gasteiger partial charge in [-0.3, -0.25) is 24.4 Å². The van der Waals surface area contributed by atoms with E-state index < -0.39 is 6.10 Å². The average molecular weight is 1390 g/mol. The van der Waals surface area contributed by atoms with Crippen LogP contribution >= 0.6 is 0 Å². The van der Waals surface area contributed by atoms with Gasteiger partial charge >= 0.3 is 18.2 Å². The van der Waals surface area contributed by atoms with Crippen molar-refractivity contribution in [1.29, 1.82) is 0 Å². The first-order chi connectivity index (χ1) is 48.4. The van der Waals surface area contributed by atoms with Gasteiger partial charge in [-0.1, -0.05) is 36.4 Å². The Morgan fingerprint density at radius 3 is 1.48 bits per heavy atom.